The highest BCUT2D eigenvalue weighted by Crippen LogP contribution is 2.05. The van der Waals surface area contributed by atoms with E-state index in [9.17, 15) is 14.4 Å². The Labute approximate surface area is 145 Å². The number of carbonyl (C=O) groups is 3. The van der Waals surface area contributed by atoms with Crippen LogP contribution in [0.1, 0.15) is 19.5 Å². The van der Waals surface area contributed by atoms with Crippen molar-refractivity contribution in [2.24, 2.45) is 17.5 Å². The molecule has 3 atom stereocenters. The molecule has 0 unspecified atom stereocenters. The van der Waals surface area contributed by atoms with Gasteiger partial charge < -0.3 is 11.1 Å². The van der Waals surface area contributed by atoms with Gasteiger partial charge in [0.15, 0.2) is 5.78 Å². The monoisotopic (exact) mass is 357 g/mol. The zero-order valence-electron chi connectivity index (χ0n) is 13.6. The Morgan fingerprint density at radius 1 is 1.38 bits per heavy atom. The van der Waals surface area contributed by atoms with Gasteiger partial charge in [-0.15, -0.1) is 5.10 Å². The minimum absolute atomic E-state index is 0.114. The van der Waals surface area contributed by atoms with Gasteiger partial charge in [-0.25, -0.2) is 10.1 Å². The molecule has 10 nitrogen and oxygen atoms in total. The summed E-state index contributed by atoms with van der Waals surface area (Å²) in [5, 5.41) is 10.4. The van der Waals surface area contributed by atoms with Crippen molar-refractivity contribution in [3.05, 3.63) is 11.9 Å². The number of nitrogens with two attached hydrogens (primary N) is 2. The van der Waals surface area contributed by atoms with Gasteiger partial charge in [0.2, 0.25) is 11.8 Å². The molecule has 1 aromatic heterocycles. The normalized spacial score (nSPS) is 14.7. The molecule has 0 radical (unpaired) electrons. The highest BCUT2D eigenvalue weighted by Gasteiger charge is 2.23. The summed E-state index contributed by atoms with van der Waals surface area (Å²) < 4.78 is 1.43. The van der Waals surface area contributed by atoms with Gasteiger partial charge in [0, 0.05) is 24.3 Å². The maximum absolute atomic E-state index is 12.0. The highest BCUT2D eigenvalue weighted by molar-refractivity contribution is 7.80. The lowest BCUT2D eigenvalue weighted by atomic mass is 10.1. The minimum atomic E-state index is -0.781. The first-order chi connectivity index (χ1) is 11.3. The van der Waals surface area contributed by atoms with Crippen LogP contribution in [0.4, 0.5) is 0 Å². The van der Waals surface area contributed by atoms with E-state index >= 15 is 0 Å². The summed E-state index contributed by atoms with van der Waals surface area (Å²) >= 11 is 4.01. The standard InChI is InChI=1S/C13H23N7O3S/c1-7(12(14)22)3-9-4-20(19-18-9)5-10(8(2)21)16-13(23)11(6-24)17-15/h4,7,10-11,17,24H,3,5-6,15H2,1-2H3,(H2,14,22)(H,16,23)/t7-,10-,11-/m0/s1. The van der Waals surface area contributed by atoms with E-state index in [4.69, 9.17) is 11.6 Å². The van der Waals surface area contributed by atoms with E-state index in [0.29, 0.717) is 12.1 Å². The number of carbonyl (C=O) groups excluding carboxylic acids is 3. The number of nitrogens with zero attached hydrogens (tertiary/aromatic N) is 3. The van der Waals surface area contributed by atoms with E-state index in [1.54, 1.807) is 13.1 Å². The second kappa shape index (κ2) is 9.35. The number of Topliss-reactive ketones (excluding diaryl/α,β-unsaturated/α-hetero) is 1. The molecule has 6 N–H and O–H groups in total. The van der Waals surface area contributed by atoms with Crippen molar-refractivity contribution in [2.45, 2.75) is 38.9 Å². The second-order valence-electron chi connectivity index (χ2n) is 5.51. The molecule has 0 bridgehead atoms. The Balaban J connectivity index is 2.72. The summed E-state index contributed by atoms with van der Waals surface area (Å²) in [4.78, 5) is 34.8. The zero-order valence-corrected chi connectivity index (χ0v) is 14.5. The third-order valence-corrected chi connectivity index (χ3v) is 3.83. The SMILES string of the molecule is CC(=O)[C@H](Cn1cc(C[C@H](C)C(N)=O)nn1)NC(=O)[C@H](CS)NN. The average molecular weight is 357 g/mol. The Morgan fingerprint density at radius 3 is 2.54 bits per heavy atom. The van der Waals surface area contributed by atoms with Crippen molar-refractivity contribution >= 4 is 30.2 Å². The van der Waals surface area contributed by atoms with E-state index < -0.39 is 23.9 Å². The van der Waals surface area contributed by atoms with Gasteiger partial charge in [-0.3, -0.25) is 20.2 Å². The van der Waals surface area contributed by atoms with Crippen LogP contribution in [0.2, 0.25) is 0 Å². The Hall–Kier alpha value is -1.98. The summed E-state index contributed by atoms with van der Waals surface area (Å²) in [5.41, 5.74) is 8.11. The number of nitrogens with one attached hydrogen (secondary N) is 2. The fraction of sp³-hybridized carbons (Fsp3) is 0.615. The van der Waals surface area contributed by atoms with Crippen LogP contribution in [-0.4, -0.2) is 50.4 Å². The van der Waals surface area contributed by atoms with Gasteiger partial charge in [0.25, 0.3) is 0 Å². The maximum atomic E-state index is 12.0. The number of hydrogen-bond acceptors (Lipinski definition) is 8. The van der Waals surface area contributed by atoms with Crippen molar-refractivity contribution in [3.8, 4) is 0 Å². The maximum Gasteiger partial charge on any atom is 0.239 e. The van der Waals surface area contributed by atoms with Gasteiger partial charge >= 0.3 is 0 Å². The van der Waals surface area contributed by atoms with Gasteiger partial charge in [-0.1, -0.05) is 12.1 Å². The van der Waals surface area contributed by atoms with Crippen molar-refractivity contribution < 1.29 is 14.4 Å². The number of aromatic nitrogens is 3. The van der Waals surface area contributed by atoms with Crippen molar-refractivity contribution in [1.29, 1.82) is 0 Å². The topological polar surface area (TPSA) is 158 Å². The molecule has 0 aromatic carbocycles. The molecule has 11 heteroatoms. The molecule has 0 aliphatic carbocycles. The lowest BCUT2D eigenvalue weighted by Gasteiger charge is -2.19. The molecule has 0 saturated carbocycles. The van der Waals surface area contributed by atoms with Gasteiger partial charge in [-0.2, -0.15) is 12.6 Å². The van der Waals surface area contributed by atoms with E-state index in [1.807, 2.05) is 0 Å². The fourth-order valence-corrected chi connectivity index (χ4v) is 2.15. The number of amides is 2. The van der Waals surface area contributed by atoms with E-state index in [2.05, 4.69) is 33.7 Å². The first-order valence-electron chi connectivity index (χ1n) is 7.34. The molecule has 2 amide bonds. The predicted molar refractivity (Wildman–Crippen MR) is 89.7 cm³/mol. The fourth-order valence-electron chi connectivity index (χ4n) is 1.88. The van der Waals surface area contributed by atoms with Gasteiger partial charge in [-0.05, 0) is 6.92 Å². The molecule has 134 valence electrons. The third kappa shape index (κ3) is 5.91. The first-order valence-corrected chi connectivity index (χ1v) is 7.97. The van der Waals surface area contributed by atoms with Crippen LogP contribution in [-0.2, 0) is 27.3 Å². The lowest BCUT2D eigenvalue weighted by molar-refractivity contribution is -0.128. The number of ketones is 1. The van der Waals surface area contributed by atoms with Crippen molar-refractivity contribution in [1.82, 2.24) is 25.7 Å². The quantitative estimate of drug-likeness (QED) is 0.180. The van der Waals surface area contributed by atoms with E-state index in [1.165, 1.54) is 11.6 Å². The molecule has 1 rings (SSSR count). The number of hydrazine groups is 1. The number of primary amides is 1. The second-order valence-corrected chi connectivity index (χ2v) is 5.88. The van der Waals surface area contributed by atoms with E-state index in [0.717, 1.165) is 0 Å². The zero-order chi connectivity index (χ0) is 18.3. The number of rotatable bonds is 10. The molecule has 0 fully saturated rings. The third-order valence-electron chi connectivity index (χ3n) is 3.46. The highest BCUT2D eigenvalue weighted by atomic mass is 32.1. The summed E-state index contributed by atoms with van der Waals surface area (Å²) in [7, 11) is 0. The van der Waals surface area contributed by atoms with Crippen LogP contribution in [0.25, 0.3) is 0 Å². The van der Waals surface area contributed by atoms with E-state index in [-0.39, 0.29) is 24.0 Å². The molecule has 0 saturated heterocycles. The molecule has 0 aliphatic rings. The van der Waals surface area contributed by atoms with Gasteiger partial charge in [0.1, 0.15) is 12.1 Å². The van der Waals surface area contributed by atoms with Crippen molar-refractivity contribution in [3.63, 3.8) is 0 Å². The number of hydrogen-bond donors (Lipinski definition) is 5. The van der Waals surface area contributed by atoms with Crippen LogP contribution in [0.5, 0.6) is 0 Å². The van der Waals surface area contributed by atoms with Gasteiger partial charge in [0.05, 0.1) is 12.2 Å². The molecule has 1 aromatic rings. The van der Waals surface area contributed by atoms with Crippen LogP contribution in [0, 0.1) is 5.92 Å². The predicted octanol–water partition coefficient (Wildman–Crippen LogP) is -2.22. The summed E-state index contributed by atoms with van der Waals surface area (Å²) in [6.45, 7) is 3.17. The molecule has 0 aliphatic heterocycles. The largest absolute Gasteiger partial charge is 0.369 e. The average Bonchev–Trinajstić information content (AvgIpc) is 2.94. The molecular formula is C13H23N7O3S. The Kier molecular flexibility index (Phi) is 7.82. The summed E-state index contributed by atoms with van der Waals surface area (Å²) in [5.74, 6) is 3.97. The molecule has 24 heavy (non-hydrogen) atoms. The molecular weight excluding hydrogens is 334 g/mol. The molecule has 1 heterocycles. The Morgan fingerprint density at radius 2 is 2.04 bits per heavy atom. The van der Waals surface area contributed by atoms with Crippen LogP contribution < -0.4 is 22.3 Å². The van der Waals surface area contributed by atoms with Crippen LogP contribution >= 0.6 is 12.6 Å². The summed E-state index contributed by atoms with van der Waals surface area (Å²) in [6.07, 6.45) is 1.96. The first kappa shape index (κ1) is 20.1. The van der Waals surface area contributed by atoms with Crippen molar-refractivity contribution in [2.75, 3.05) is 5.75 Å². The lowest BCUT2D eigenvalue weighted by Crippen LogP contribution is -2.53. The Bertz CT molecular complexity index is 588. The minimum Gasteiger partial charge on any atom is -0.369 e. The smallest absolute Gasteiger partial charge is 0.239 e. The molecule has 0 spiro atoms. The van der Waals surface area contributed by atoms with Crippen LogP contribution in [0.3, 0.4) is 0 Å². The number of thiol groups is 1. The summed E-state index contributed by atoms with van der Waals surface area (Å²) in [6, 6.07) is -1.49. The van der Waals surface area contributed by atoms with Crippen LogP contribution in [0.15, 0.2) is 6.20 Å².